The van der Waals surface area contributed by atoms with Gasteiger partial charge in [0.25, 0.3) is 0 Å². The van der Waals surface area contributed by atoms with Gasteiger partial charge in [-0.1, -0.05) is 35.3 Å². The first-order chi connectivity index (χ1) is 8.88. The summed E-state index contributed by atoms with van der Waals surface area (Å²) >= 11 is 11.5. The van der Waals surface area contributed by atoms with E-state index in [9.17, 15) is 12.8 Å². The third-order valence-corrected chi connectivity index (χ3v) is 4.30. The lowest BCUT2D eigenvalue weighted by atomic mass is 10.3. The molecule has 3 nitrogen and oxygen atoms in total. The van der Waals surface area contributed by atoms with Crippen molar-refractivity contribution in [1.29, 1.82) is 0 Å². The molecule has 0 aliphatic heterocycles. The van der Waals surface area contributed by atoms with Crippen LogP contribution in [0, 0.1) is 5.82 Å². The molecule has 2 aromatic rings. The summed E-state index contributed by atoms with van der Waals surface area (Å²) in [5.41, 5.74) is 0.152. The fourth-order valence-corrected chi connectivity index (χ4v) is 2.61. The van der Waals surface area contributed by atoms with Crippen molar-refractivity contribution in [2.24, 2.45) is 0 Å². The van der Waals surface area contributed by atoms with Gasteiger partial charge in [0, 0.05) is 0 Å². The molecule has 0 radical (unpaired) electrons. The standard InChI is InChI=1S/C12H7Cl2FNO2S/c13-11-6-3-9(7-12(11)14)16-19(17,18)10-4-1-8(15)2-5-10/h1-7H/q-1. The third-order valence-electron chi connectivity index (χ3n) is 2.24. The van der Waals surface area contributed by atoms with Crippen molar-refractivity contribution in [2.45, 2.75) is 4.90 Å². The smallest absolute Gasteiger partial charge is 0.123 e. The minimum absolute atomic E-state index is 0.0972. The van der Waals surface area contributed by atoms with Crippen molar-refractivity contribution >= 4 is 38.9 Å². The van der Waals surface area contributed by atoms with Gasteiger partial charge < -0.3 is 4.72 Å². The number of hydrogen-bond donors (Lipinski definition) is 0. The molecule has 0 atom stereocenters. The highest BCUT2D eigenvalue weighted by Crippen LogP contribution is 2.32. The minimum Gasteiger partial charge on any atom is -0.573 e. The van der Waals surface area contributed by atoms with Crippen molar-refractivity contribution in [3.8, 4) is 0 Å². The summed E-state index contributed by atoms with van der Waals surface area (Å²) in [7, 11) is -3.90. The van der Waals surface area contributed by atoms with Gasteiger partial charge in [-0.3, -0.25) is 0 Å². The van der Waals surface area contributed by atoms with Crippen molar-refractivity contribution < 1.29 is 12.8 Å². The van der Waals surface area contributed by atoms with Crippen LogP contribution in [0.25, 0.3) is 4.72 Å². The van der Waals surface area contributed by atoms with Crippen molar-refractivity contribution in [2.75, 3.05) is 0 Å². The topological polar surface area (TPSA) is 48.2 Å². The molecule has 0 spiro atoms. The predicted octanol–water partition coefficient (Wildman–Crippen LogP) is 4.53. The first-order valence-electron chi connectivity index (χ1n) is 5.07. The average molecular weight is 319 g/mol. The molecule has 0 fully saturated rings. The fourth-order valence-electron chi connectivity index (χ4n) is 1.34. The number of rotatable bonds is 3. The van der Waals surface area contributed by atoms with E-state index in [1.807, 2.05) is 0 Å². The highest BCUT2D eigenvalue weighted by atomic mass is 35.5. The van der Waals surface area contributed by atoms with Crippen molar-refractivity contribution in [1.82, 2.24) is 0 Å². The zero-order valence-corrected chi connectivity index (χ0v) is 11.7. The molecule has 19 heavy (non-hydrogen) atoms. The van der Waals surface area contributed by atoms with Crippen LogP contribution in [0.3, 0.4) is 0 Å². The highest BCUT2D eigenvalue weighted by Gasteiger charge is 2.05. The number of hydrogen-bond acceptors (Lipinski definition) is 2. The quantitative estimate of drug-likeness (QED) is 0.834. The van der Waals surface area contributed by atoms with Crippen LogP contribution in [-0.2, 0) is 10.0 Å². The van der Waals surface area contributed by atoms with Crippen LogP contribution >= 0.6 is 23.2 Å². The molecule has 0 aliphatic carbocycles. The molecule has 2 aromatic carbocycles. The molecule has 0 amide bonds. The second kappa shape index (κ2) is 5.36. The summed E-state index contributed by atoms with van der Waals surface area (Å²) in [4.78, 5) is -0.0972. The maximum Gasteiger partial charge on any atom is 0.123 e. The Morgan fingerprint density at radius 1 is 0.947 bits per heavy atom. The van der Waals surface area contributed by atoms with E-state index >= 15 is 0 Å². The van der Waals surface area contributed by atoms with Crippen LogP contribution in [0.15, 0.2) is 47.4 Å². The molecule has 0 saturated carbocycles. The largest absolute Gasteiger partial charge is 0.573 e. The van der Waals surface area contributed by atoms with E-state index in [1.54, 1.807) is 0 Å². The molecule has 7 heteroatoms. The Balaban J connectivity index is 2.30. The molecule has 0 N–H and O–H groups in total. The lowest BCUT2D eigenvalue weighted by Gasteiger charge is -2.22. The summed E-state index contributed by atoms with van der Waals surface area (Å²) in [6, 6.07) is 8.61. The van der Waals surface area contributed by atoms with Crippen LogP contribution in [0.2, 0.25) is 10.0 Å². The first kappa shape index (κ1) is 14.1. The predicted molar refractivity (Wildman–Crippen MR) is 73.1 cm³/mol. The molecule has 0 aromatic heterocycles. The summed E-state index contributed by atoms with van der Waals surface area (Å²) in [6.45, 7) is 0. The van der Waals surface area contributed by atoms with Gasteiger partial charge in [-0.2, -0.15) is 0 Å². The van der Waals surface area contributed by atoms with Gasteiger partial charge in [0.1, 0.15) is 15.8 Å². The number of nitrogens with zero attached hydrogens (tertiary/aromatic N) is 1. The Bertz CT molecular complexity index is 702. The number of halogens is 3. The Kier molecular flexibility index (Phi) is 3.99. The van der Waals surface area contributed by atoms with Crippen molar-refractivity contribution in [3.63, 3.8) is 0 Å². The molecule has 0 aliphatic rings. The zero-order chi connectivity index (χ0) is 14.0. The van der Waals surface area contributed by atoms with E-state index < -0.39 is 15.8 Å². The van der Waals surface area contributed by atoms with Crippen LogP contribution in [0.4, 0.5) is 10.1 Å². The van der Waals surface area contributed by atoms with E-state index in [0.29, 0.717) is 5.02 Å². The lowest BCUT2D eigenvalue weighted by molar-refractivity contribution is 0.601. The Hall–Kier alpha value is -1.30. The number of benzene rings is 2. The molecular formula is C12H7Cl2FNO2S-. The average Bonchev–Trinajstić information content (AvgIpc) is 2.34. The maximum atomic E-state index is 12.7. The fraction of sp³-hybridized carbons (Fsp3) is 0. The molecule has 0 saturated heterocycles. The van der Waals surface area contributed by atoms with E-state index in [1.165, 1.54) is 18.2 Å². The van der Waals surface area contributed by atoms with Gasteiger partial charge >= 0.3 is 0 Å². The summed E-state index contributed by atoms with van der Waals surface area (Å²) in [5, 5.41) is 0.511. The Morgan fingerprint density at radius 2 is 1.58 bits per heavy atom. The van der Waals surface area contributed by atoms with E-state index in [2.05, 4.69) is 4.72 Å². The zero-order valence-electron chi connectivity index (χ0n) is 9.35. The SMILES string of the molecule is O=S(=O)([N-]c1ccc(Cl)c(Cl)c1)c1ccc(F)cc1. The molecule has 0 heterocycles. The van der Waals surface area contributed by atoms with Gasteiger partial charge in [0.05, 0.1) is 14.9 Å². The van der Waals surface area contributed by atoms with Gasteiger partial charge in [-0.25, -0.2) is 12.8 Å². The van der Waals surface area contributed by atoms with E-state index in [-0.39, 0.29) is 15.6 Å². The lowest BCUT2D eigenvalue weighted by Crippen LogP contribution is -1.97. The highest BCUT2D eigenvalue weighted by molar-refractivity contribution is 7.94. The van der Waals surface area contributed by atoms with Gasteiger partial charge in [-0.15, -0.1) is 5.69 Å². The third kappa shape index (κ3) is 3.37. The van der Waals surface area contributed by atoms with Gasteiger partial charge in [0.2, 0.25) is 0 Å². The van der Waals surface area contributed by atoms with Crippen LogP contribution in [0.5, 0.6) is 0 Å². The van der Waals surface area contributed by atoms with E-state index in [4.69, 9.17) is 23.2 Å². The van der Waals surface area contributed by atoms with Crippen molar-refractivity contribution in [3.05, 3.63) is 63.0 Å². The molecule has 0 bridgehead atoms. The van der Waals surface area contributed by atoms with E-state index in [0.717, 1.165) is 24.3 Å². The number of sulfonamides is 1. The molecular weight excluding hydrogens is 312 g/mol. The van der Waals surface area contributed by atoms with Crippen LogP contribution in [-0.4, -0.2) is 8.42 Å². The Morgan fingerprint density at radius 3 is 2.16 bits per heavy atom. The summed E-state index contributed by atoms with van der Waals surface area (Å²) < 4.78 is 40.2. The molecule has 0 unspecified atom stereocenters. The van der Waals surface area contributed by atoms with Crippen LogP contribution < -0.4 is 0 Å². The normalized spacial score (nSPS) is 11.3. The summed E-state index contributed by atoms with van der Waals surface area (Å²) in [5.74, 6) is -0.520. The second-order valence-corrected chi connectivity index (χ2v) is 6.04. The first-order valence-corrected chi connectivity index (χ1v) is 7.27. The monoisotopic (exact) mass is 318 g/mol. The molecule has 100 valence electrons. The maximum absolute atomic E-state index is 12.7. The van der Waals surface area contributed by atoms with Crippen LogP contribution in [0.1, 0.15) is 0 Å². The Labute approximate surface area is 120 Å². The summed E-state index contributed by atoms with van der Waals surface area (Å²) in [6.07, 6.45) is 0. The molecule has 2 rings (SSSR count). The minimum atomic E-state index is -3.90. The van der Waals surface area contributed by atoms with Gasteiger partial charge in [0.15, 0.2) is 0 Å². The van der Waals surface area contributed by atoms with Gasteiger partial charge in [-0.05, 0) is 30.3 Å². The second-order valence-electron chi connectivity index (χ2n) is 3.62.